The van der Waals surface area contributed by atoms with Crippen LogP contribution in [0.5, 0.6) is 0 Å². The molecule has 1 saturated heterocycles. The molecule has 1 aliphatic heterocycles. The SMILES string of the molecule is CC(C)c1ccc(-c2nc(C[NH+]3CCN(c4cccc[nH+]4)CC3)cs2)cc1. The molecule has 0 radical (unpaired) electrons. The Balaban J connectivity index is 1.35. The van der Waals surface area contributed by atoms with Crippen molar-refractivity contribution in [2.24, 2.45) is 0 Å². The van der Waals surface area contributed by atoms with Gasteiger partial charge in [0.1, 0.15) is 43.4 Å². The number of hydrogen-bond acceptors (Lipinski definition) is 3. The first-order chi connectivity index (χ1) is 13.2. The molecule has 3 aromatic rings. The lowest BCUT2D eigenvalue weighted by Crippen LogP contribution is -3.13. The number of rotatable bonds is 5. The Kier molecular flexibility index (Phi) is 5.50. The van der Waals surface area contributed by atoms with Crippen molar-refractivity contribution in [1.82, 2.24) is 4.98 Å². The monoisotopic (exact) mass is 380 g/mol. The molecular weight excluding hydrogens is 352 g/mol. The van der Waals surface area contributed by atoms with Gasteiger partial charge in [-0.05, 0) is 17.5 Å². The molecule has 2 aromatic heterocycles. The summed E-state index contributed by atoms with van der Waals surface area (Å²) in [6.07, 6.45) is 2.00. The van der Waals surface area contributed by atoms with Crippen LogP contribution < -0.4 is 14.8 Å². The molecule has 0 amide bonds. The molecule has 4 nitrogen and oxygen atoms in total. The van der Waals surface area contributed by atoms with E-state index in [0.717, 1.165) is 37.7 Å². The maximum atomic E-state index is 4.90. The quantitative estimate of drug-likeness (QED) is 0.738. The number of nitrogens with zero attached hydrogens (tertiary/aromatic N) is 2. The zero-order valence-corrected chi connectivity index (χ0v) is 16.9. The number of aromatic amines is 1. The Bertz CT molecular complexity index is 850. The second-order valence-electron chi connectivity index (χ2n) is 7.58. The third-order valence-electron chi connectivity index (χ3n) is 5.31. The molecule has 1 aromatic carbocycles. The van der Waals surface area contributed by atoms with Gasteiger partial charge in [0.15, 0.2) is 0 Å². The van der Waals surface area contributed by atoms with Crippen molar-refractivity contribution in [1.29, 1.82) is 0 Å². The third-order valence-corrected chi connectivity index (χ3v) is 6.25. The minimum atomic E-state index is 0.571. The fourth-order valence-corrected chi connectivity index (χ4v) is 4.43. The van der Waals surface area contributed by atoms with Crippen LogP contribution >= 0.6 is 11.3 Å². The Morgan fingerprint density at radius 3 is 2.56 bits per heavy atom. The van der Waals surface area contributed by atoms with Crippen molar-refractivity contribution in [3.63, 3.8) is 0 Å². The molecule has 140 valence electrons. The third kappa shape index (κ3) is 4.37. The van der Waals surface area contributed by atoms with Gasteiger partial charge in [-0.2, -0.15) is 0 Å². The standard InChI is InChI=1S/C22H26N4S/c1-17(2)18-6-8-19(9-7-18)22-24-20(16-27-22)15-25-11-13-26(14-12-25)21-5-3-4-10-23-21/h3-10,16-17H,11-15H2,1-2H3/p+2. The molecule has 5 heteroatoms. The van der Waals surface area contributed by atoms with Gasteiger partial charge in [-0.25, -0.2) is 9.97 Å². The van der Waals surface area contributed by atoms with E-state index in [1.165, 1.54) is 22.6 Å². The van der Waals surface area contributed by atoms with Gasteiger partial charge in [-0.1, -0.05) is 44.2 Å². The van der Waals surface area contributed by atoms with Crippen LogP contribution in [0.3, 0.4) is 0 Å². The Labute approximate surface area is 165 Å². The summed E-state index contributed by atoms with van der Waals surface area (Å²) in [5.41, 5.74) is 3.83. The zero-order chi connectivity index (χ0) is 18.6. The molecule has 0 bridgehead atoms. The van der Waals surface area contributed by atoms with E-state index in [2.05, 4.69) is 65.5 Å². The van der Waals surface area contributed by atoms with Gasteiger partial charge in [0, 0.05) is 17.0 Å². The van der Waals surface area contributed by atoms with E-state index in [0.29, 0.717) is 5.92 Å². The van der Waals surface area contributed by atoms with Crippen molar-refractivity contribution in [3.05, 3.63) is 65.3 Å². The maximum absolute atomic E-state index is 4.90. The number of benzene rings is 1. The predicted octanol–water partition coefficient (Wildman–Crippen LogP) is 2.65. The molecule has 3 heterocycles. The molecule has 1 aliphatic rings. The first-order valence-electron chi connectivity index (χ1n) is 9.79. The van der Waals surface area contributed by atoms with Gasteiger partial charge in [0.2, 0.25) is 0 Å². The fourth-order valence-electron chi connectivity index (χ4n) is 3.61. The minimum Gasteiger partial charge on any atom is -0.323 e. The Morgan fingerprint density at radius 1 is 1.11 bits per heavy atom. The lowest BCUT2D eigenvalue weighted by molar-refractivity contribution is -0.914. The van der Waals surface area contributed by atoms with Gasteiger partial charge >= 0.3 is 0 Å². The largest absolute Gasteiger partial charge is 0.323 e. The summed E-state index contributed by atoms with van der Waals surface area (Å²) < 4.78 is 0. The van der Waals surface area contributed by atoms with E-state index in [9.17, 15) is 0 Å². The second kappa shape index (κ2) is 8.19. The molecule has 0 unspecified atom stereocenters. The molecular formula is C22H28N4S+2. The predicted molar refractivity (Wildman–Crippen MR) is 111 cm³/mol. The lowest BCUT2D eigenvalue weighted by atomic mass is 10.0. The summed E-state index contributed by atoms with van der Waals surface area (Å²) in [7, 11) is 0. The number of H-pyrrole nitrogens is 1. The van der Waals surface area contributed by atoms with E-state index in [-0.39, 0.29) is 0 Å². The summed E-state index contributed by atoms with van der Waals surface area (Å²) in [5, 5.41) is 3.37. The Hall–Kier alpha value is -2.24. The summed E-state index contributed by atoms with van der Waals surface area (Å²) in [5.74, 6) is 1.79. The van der Waals surface area contributed by atoms with Crippen LogP contribution in [0, 0.1) is 0 Å². The summed E-state index contributed by atoms with van der Waals surface area (Å²) in [6.45, 7) is 9.96. The first-order valence-corrected chi connectivity index (χ1v) is 10.7. The van der Waals surface area contributed by atoms with E-state index in [4.69, 9.17) is 4.98 Å². The number of pyridine rings is 1. The van der Waals surface area contributed by atoms with Gasteiger partial charge < -0.3 is 4.90 Å². The van der Waals surface area contributed by atoms with Gasteiger partial charge in [0.25, 0.3) is 5.82 Å². The van der Waals surface area contributed by atoms with Gasteiger partial charge in [-0.3, -0.25) is 4.90 Å². The van der Waals surface area contributed by atoms with Crippen LogP contribution in [-0.4, -0.2) is 31.2 Å². The zero-order valence-electron chi connectivity index (χ0n) is 16.1. The number of anilines is 1. The van der Waals surface area contributed by atoms with Gasteiger partial charge in [0.05, 0.1) is 6.20 Å². The smallest absolute Gasteiger partial charge is 0.274 e. The first kappa shape index (κ1) is 18.1. The van der Waals surface area contributed by atoms with Crippen molar-refractivity contribution in [2.45, 2.75) is 26.3 Å². The molecule has 0 atom stereocenters. The van der Waals surface area contributed by atoms with E-state index in [1.807, 2.05) is 12.3 Å². The number of thiazole rings is 1. The van der Waals surface area contributed by atoms with E-state index in [1.54, 1.807) is 16.2 Å². The van der Waals surface area contributed by atoms with Crippen molar-refractivity contribution < 1.29 is 9.88 Å². The van der Waals surface area contributed by atoms with Crippen molar-refractivity contribution >= 4 is 17.2 Å². The highest BCUT2D eigenvalue weighted by molar-refractivity contribution is 7.13. The fraction of sp³-hybridized carbons (Fsp3) is 0.364. The van der Waals surface area contributed by atoms with Crippen LogP contribution in [0.2, 0.25) is 0 Å². The highest BCUT2D eigenvalue weighted by Crippen LogP contribution is 2.25. The maximum Gasteiger partial charge on any atom is 0.274 e. The summed E-state index contributed by atoms with van der Waals surface area (Å²) in [4.78, 5) is 12.3. The van der Waals surface area contributed by atoms with Crippen LogP contribution in [0.25, 0.3) is 10.6 Å². The van der Waals surface area contributed by atoms with Crippen LogP contribution in [0.4, 0.5) is 5.82 Å². The highest BCUT2D eigenvalue weighted by atomic mass is 32.1. The summed E-state index contributed by atoms with van der Waals surface area (Å²) in [6, 6.07) is 15.1. The van der Waals surface area contributed by atoms with Crippen LogP contribution in [0.1, 0.15) is 31.0 Å². The lowest BCUT2D eigenvalue weighted by Gasteiger charge is -2.27. The number of aromatic nitrogens is 2. The number of piperazine rings is 1. The molecule has 0 spiro atoms. The number of nitrogens with one attached hydrogen (secondary N) is 2. The van der Waals surface area contributed by atoms with Gasteiger partial charge in [-0.15, -0.1) is 11.3 Å². The second-order valence-corrected chi connectivity index (χ2v) is 8.44. The Morgan fingerprint density at radius 2 is 1.89 bits per heavy atom. The molecule has 0 saturated carbocycles. The van der Waals surface area contributed by atoms with Crippen LogP contribution in [-0.2, 0) is 6.54 Å². The highest BCUT2D eigenvalue weighted by Gasteiger charge is 2.26. The number of quaternary nitrogens is 1. The topological polar surface area (TPSA) is 34.7 Å². The normalized spacial score (nSPS) is 15.4. The van der Waals surface area contributed by atoms with E-state index < -0.39 is 0 Å². The molecule has 1 fully saturated rings. The molecule has 0 aliphatic carbocycles. The molecule has 4 rings (SSSR count). The van der Waals surface area contributed by atoms with Crippen LogP contribution in [0.15, 0.2) is 54.0 Å². The minimum absolute atomic E-state index is 0.571. The summed E-state index contributed by atoms with van der Waals surface area (Å²) >= 11 is 1.76. The van der Waals surface area contributed by atoms with Crippen molar-refractivity contribution in [3.8, 4) is 10.6 Å². The number of hydrogen-bond donors (Lipinski definition) is 1. The van der Waals surface area contributed by atoms with Crippen molar-refractivity contribution in [2.75, 3.05) is 31.1 Å². The average molecular weight is 381 g/mol. The van der Waals surface area contributed by atoms with E-state index >= 15 is 0 Å². The average Bonchev–Trinajstić information content (AvgIpc) is 3.18. The molecule has 27 heavy (non-hydrogen) atoms. The molecule has 2 N–H and O–H groups in total.